The molecule has 31 heavy (non-hydrogen) atoms. The maximum atomic E-state index is 13.2. The molecule has 0 saturated carbocycles. The van der Waals surface area contributed by atoms with Crippen molar-refractivity contribution >= 4 is 17.5 Å². The SMILES string of the molecule is Cc1cc(C)n(Cc2ccc(C(=O)N3CCN(Cc4ccc(F)cc4Cl)CC3)cc2)n1. The van der Waals surface area contributed by atoms with Gasteiger partial charge in [-0.25, -0.2) is 4.39 Å². The third-order valence-electron chi connectivity index (χ3n) is 5.71. The quantitative estimate of drug-likeness (QED) is 0.594. The van der Waals surface area contributed by atoms with Gasteiger partial charge in [-0.3, -0.25) is 14.4 Å². The summed E-state index contributed by atoms with van der Waals surface area (Å²) >= 11 is 6.14. The van der Waals surface area contributed by atoms with Crippen molar-refractivity contribution in [2.75, 3.05) is 26.2 Å². The van der Waals surface area contributed by atoms with Crippen LogP contribution in [0.25, 0.3) is 0 Å². The predicted octanol–water partition coefficient (Wildman–Crippen LogP) is 4.30. The molecule has 0 atom stereocenters. The number of carbonyl (C=O) groups excluding carboxylic acids is 1. The van der Waals surface area contributed by atoms with Gasteiger partial charge in [-0.05, 0) is 55.3 Å². The first kappa shape index (κ1) is 21.5. The number of carbonyl (C=O) groups is 1. The van der Waals surface area contributed by atoms with Crippen molar-refractivity contribution in [1.29, 1.82) is 0 Å². The van der Waals surface area contributed by atoms with Crippen LogP contribution in [0, 0.1) is 19.7 Å². The molecule has 2 heterocycles. The Balaban J connectivity index is 1.32. The van der Waals surface area contributed by atoms with E-state index in [0.29, 0.717) is 36.8 Å². The molecular weight excluding hydrogens is 415 g/mol. The largest absolute Gasteiger partial charge is 0.336 e. The molecule has 0 bridgehead atoms. The van der Waals surface area contributed by atoms with Crippen molar-refractivity contribution in [3.8, 4) is 0 Å². The number of amides is 1. The van der Waals surface area contributed by atoms with Crippen LogP contribution in [0.1, 0.15) is 32.9 Å². The van der Waals surface area contributed by atoms with Crippen molar-refractivity contribution in [3.05, 3.63) is 87.4 Å². The highest BCUT2D eigenvalue weighted by Gasteiger charge is 2.22. The van der Waals surface area contributed by atoms with Gasteiger partial charge >= 0.3 is 0 Å². The second-order valence-electron chi connectivity index (χ2n) is 8.09. The van der Waals surface area contributed by atoms with Crippen LogP contribution in [-0.2, 0) is 13.1 Å². The Labute approximate surface area is 187 Å². The number of hydrogen-bond acceptors (Lipinski definition) is 3. The minimum Gasteiger partial charge on any atom is -0.336 e. The third-order valence-corrected chi connectivity index (χ3v) is 6.06. The van der Waals surface area contributed by atoms with E-state index in [1.54, 1.807) is 6.07 Å². The smallest absolute Gasteiger partial charge is 0.253 e. The Bertz CT molecular complexity index is 1070. The van der Waals surface area contributed by atoms with E-state index in [1.807, 2.05) is 47.7 Å². The number of piperazine rings is 1. The molecule has 2 aromatic carbocycles. The Morgan fingerprint density at radius 2 is 1.71 bits per heavy atom. The van der Waals surface area contributed by atoms with Gasteiger partial charge < -0.3 is 4.90 Å². The summed E-state index contributed by atoms with van der Waals surface area (Å²) in [6.07, 6.45) is 0. The fourth-order valence-corrected chi connectivity index (χ4v) is 4.17. The molecule has 162 valence electrons. The van der Waals surface area contributed by atoms with Crippen LogP contribution in [0.2, 0.25) is 5.02 Å². The van der Waals surface area contributed by atoms with E-state index >= 15 is 0 Å². The highest BCUT2D eigenvalue weighted by Crippen LogP contribution is 2.20. The first-order chi connectivity index (χ1) is 14.9. The lowest BCUT2D eigenvalue weighted by Gasteiger charge is -2.35. The van der Waals surface area contributed by atoms with E-state index in [1.165, 1.54) is 12.1 Å². The molecule has 4 rings (SSSR count). The lowest BCUT2D eigenvalue weighted by molar-refractivity contribution is 0.0628. The van der Waals surface area contributed by atoms with Crippen LogP contribution in [0.4, 0.5) is 4.39 Å². The molecular formula is C24H26ClFN4O. The molecule has 0 N–H and O–H groups in total. The fourth-order valence-electron chi connectivity index (χ4n) is 3.94. The Kier molecular flexibility index (Phi) is 6.39. The van der Waals surface area contributed by atoms with Gasteiger partial charge in [-0.1, -0.05) is 29.8 Å². The van der Waals surface area contributed by atoms with Gasteiger partial charge in [0.25, 0.3) is 5.91 Å². The van der Waals surface area contributed by atoms with Crippen molar-refractivity contribution in [2.45, 2.75) is 26.9 Å². The molecule has 0 radical (unpaired) electrons. The molecule has 0 spiro atoms. The summed E-state index contributed by atoms with van der Waals surface area (Å²) in [7, 11) is 0. The Morgan fingerprint density at radius 3 is 2.32 bits per heavy atom. The summed E-state index contributed by atoms with van der Waals surface area (Å²) in [5, 5.41) is 4.94. The molecule has 1 aliphatic rings. The zero-order valence-electron chi connectivity index (χ0n) is 17.8. The summed E-state index contributed by atoms with van der Waals surface area (Å²) in [6.45, 7) is 8.21. The van der Waals surface area contributed by atoms with Crippen LogP contribution >= 0.6 is 11.6 Å². The van der Waals surface area contributed by atoms with Crippen molar-refractivity contribution in [2.24, 2.45) is 0 Å². The molecule has 1 aliphatic heterocycles. The van der Waals surface area contributed by atoms with E-state index in [0.717, 1.165) is 35.6 Å². The van der Waals surface area contributed by atoms with E-state index in [9.17, 15) is 9.18 Å². The predicted molar refractivity (Wildman–Crippen MR) is 120 cm³/mol. The number of aromatic nitrogens is 2. The van der Waals surface area contributed by atoms with E-state index in [4.69, 9.17) is 11.6 Å². The topological polar surface area (TPSA) is 41.4 Å². The molecule has 1 saturated heterocycles. The second kappa shape index (κ2) is 9.20. The number of aryl methyl sites for hydroxylation is 2. The highest BCUT2D eigenvalue weighted by molar-refractivity contribution is 6.31. The maximum Gasteiger partial charge on any atom is 0.253 e. The Morgan fingerprint density at radius 1 is 1.00 bits per heavy atom. The fraction of sp³-hybridized carbons (Fsp3) is 0.333. The number of halogens is 2. The lowest BCUT2D eigenvalue weighted by Crippen LogP contribution is -2.48. The average Bonchev–Trinajstić information content (AvgIpc) is 3.07. The van der Waals surface area contributed by atoms with Gasteiger partial charge in [0.05, 0.1) is 12.2 Å². The highest BCUT2D eigenvalue weighted by atomic mass is 35.5. The average molecular weight is 441 g/mol. The van der Waals surface area contributed by atoms with Gasteiger partial charge in [0, 0.05) is 49.0 Å². The summed E-state index contributed by atoms with van der Waals surface area (Å²) in [6, 6.07) is 14.3. The van der Waals surface area contributed by atoms with E-state index < -0.39 is 0 Å². The summed E-state index contributed by atoms with van der Waals surface area (Å²) in [4.78, 5) is 17.0. The first-order valence-electron chi connectivity index (χ1n) is 10.4. The summed E-state index contributed by atoms with van der Waals surface area (Å²) in [5.74, 6) is -0.276. The zero-order chi connectivity index (χ0) is 22.0. The standard InChI is InChI=1S/C24H26ClFN4O/c1-17-13-18(2)30(27-17)15-19-3-5-20(6-4-19)24(31)29-11-9-28(10-12-29)16-21-7-8-22(26)14-23(21)25/h3-8,13-14H,9-12,15-16H2,1-2H3. The number of benzene rings is 2. The first-order valence-corrected chi connectivity index (χ1v) is 10.8. The third kappa shape index (κ3) is 5.14. The maximum absolute atomic E-state index is 13.2. The van der Waals surface area contributed by atoms with E-state index in [2.05, 4.69) is 16.1 Å². The van der Waals surface area contributed by atoms with Crippen LogP contribution in [-0.4, -0.2) is 51.7 Å². The van der Waals surface area contributed by atoms with Gasteiger partial charge in [0.15, 0.2) is 0 Å². The lowest BCUT2D eigenvalue weighted by atomic mass is 10.1. The van der Waals surface area contributed by atoms with Crippen LogP contribution in [0.3, 0.4) is 0 Å². The monoisotopic (exact) mass is 440 g/mol. The number of nitrogens with zero attached hydrogens (tertiary/aromatic N) is 4. The van der Waals surface area contributed by atoms with Crippen LogP contribution in [0.15, 0.2) is 48.5 Å². The molecule has 5 nitrogen and oxygen atoms in total. The summed E-state index contributed by atoms with van der Waals surface area (Å²) in [5.41, 5.74) is 4.85. The zero-order valence-corrected chi connectivity index (χ0v) is 18.6. The molecule has 0 aliphatic carbocycles. The van der Waals surface area contributed by atoms with E-state index in [-0.39, 0.29) is 11.7 Å². The van der Waals surface area contributed by atoms with Crippen LogP contribution < -0.4 is 0 Å². The molecule has 7 heteroatoms. The molecule has 3 aromatic rings. The van der Waals surface area contributed by atoms with Crippen molar-refractivity contribution < 1.29 is 9.18 Å². The molecule has 1 amide bonds. The minimum absolute atomic E-state index is 0.0529. The number of rotatable bonds is 5. The molecule has 1 aromatic heterocycles. The minimum atomic E-state index is -0.329. The molecule has 0 unspecified atom stereocenters. The van der Waals surface area contributed by atoms with Gasteiger partial charge in [-0.15, -0.1) is 0 Å². The van der Waals surface area contributed by atoms with Crippen LogP contribution in [0.5, 0.6) is 0 Å². The van der Waals surface area contributed by atoms with Gasteiger partial charge in [-0.2, -0.15) is 5.10 Å². The number of hydrogen-bond donors (Lipinski definition) is 0. The van der Waals surface area contributed by atoms with Gasteiger partial charge in [0.1, 0.15) is 5.82 Å². The van der Waals surface area contributed by atoms with Gasteiger partial charge in [0.2, 0.25) is 0 Å². The Hall–Kier alpha value is -2.70. The second-order valence-corrected chi connectivity index (χ2v) is 8.49. The normalized spacial score (nSPS) is 14.8. The van der Waals surface area contributed by atoms with Crippen molar-refractivity contribution in [3.63, 3.8) is 0 Å². The van der Waals surface area contributed by atoms with Crippen molar-refractivity contribution in [1.82, 2.24) is 19.6 Å². The summed E-state index contributed by atoms with van der Waals surface area (Å²) < 4.78 is 15.2. The molecule has 1 fully saturated rings.